The minimum atomic E-state index is -0.151. The van der Waals surface area contributed by atoms with Gasteiger partial charge in [0.1, 0.15) is 10.1 Å². The lowest BCUT2D eigenvalue weighted by Crippen LogP contribution is -2.30. The van der Waals surface area contributed by atoms with Gasteiger partial charge in [0.2, 0.25) is 0 Å². The van der Waals surface area contributed by atoms with Gasteiger partial charge in [0, 0.05) is 17.3 Å². The van der Waals surface area contributed by atoms with Gasteiger partial charge in [0.25, 0.3) is 5.91 Å². The SMILES string of the molecule is CCOc1ccc(-c2nn(-c3ccccc3)cc2/C=C2\SC(=S)N([C@H](C)c3ccccc3)C2=O)cc1. The van der Waals surface area contributed by atoms with E-state index in [0.717, 1.165) is 33.8 Å². The second-order valence-corrected chi connectivity index (χ2v) is 9.98. The highest BCUT2D eigenvalue weighted by Crippen LogP contribution is 2.39. The van der Waals surface area contributed by atoms with E-state index in [9.17, 15) is 4.79 Å². The molecule has 1 saturated heterocycles. The molecule has 1 atom stereocenters. The molecule has 1 amide bonds. The number of aromatic nitrogens is 2. The van der Waals surface area contributed by atoms with E-state index in [1.165, 1.54) is 11.8 Å². The molecule has 0 saturated carbocycles. The second-order valence-electron chi connectivity index (χ2n) is 8.31. The number of benzene rings is 3. The highest BCUT2D eigenvalue weighted by atomic mass is 32.2. The molecule has 1 aliphatic rings. The fraction of sp³-hybridized carbons (Fsp3) is 0.138. The van der Waals surface area contributed by atoms with Crippen LogP contribution >= 0.6 is 24.0 Å². The van der Waals surface area contributed by atoms with Gasteiger partial charge in [-0.15, -0.1) is 0 Å². The number of nitrogens with zero attached hydrogens (tertiary/aromatic N) is 3. The maximum Gasteiger partial charge on any atom is 0.266 e. The van der Waals surface area contributed by atoms with Crippen molar-refractivity contribution in [2.24, 2.45) is 0 Å². The van der Waals surface area contributed by atoms with E-state index in [1.807, 2.05) is 116 Å². The fourth-order valence-corrected chi connectivity index (χ4v) is 5.55. The summed E-state index contributed by atoms with van der Waals surface area (Å²) in [6.45, 7) is 4.57. The summed E-state index contributed by atoms with van der Waals surface area (Å²) in [6.07, 6.45) is 3.85. The van der Waals surface area contributed by atoms with Crippen LogP contribution in [0.4, 0.5) is 0 Å². The number of para-hydroxylation sites is 1. The van der Waals surface area contributed by atoms with Crippen LogP contribution in [0.1, 0.15) is 31.0 Å². The van der Waals surface area contributed by atoms with Gasteiger partial charge >= 0.3 is 0 Å². The van der Waals surface area contributed by atoms with E-state index < -0.39 is 0 Å². The molecule has 1 aromatic heterocycles. The summed E-state index contributed by atoms with van der Waals surface area (Å²) < 4.78 is 7.99. The van der Waals surface area contributed by atoms with Gasteiger partial charge in [-0.25, -0.2) is 4.68 Å². The zero-order valence-corrected chi connectivity index (χ0v) is 21.6. The molecule has 7 heteroatoms. The first-order valence-electron chi connectivity index (χ1n) is 11.8. The zero-order valence-electron chi connectivity index (χ0n) is 20.0. The number of carbonyl (C=O) groups excluding carboxylic acids is 1. The van der Waals surface area contributed by atoms with Crippen LogP contribution in [0.2, 0.25) is 0 Å². The fourth-order valence-electron chi connectivity index (χ4n) is 4.14. The van der Waals surface area contributed by atoms with E-state index in [0.29, 0.717) is 15.8 Å². The van der Waals surface area contributed by atoms with Crippen molar-refractivity contribution in [3.8, 4) is 22.7 Å². The zero-order chi connectivity index (χ0) is 25.1. The van der Waals surface area contributed by atoms with Crippen LogP contribution in [-0.4, -0.2) is 31.5 Å². The first-order chi connectivity index (χ1) is 17.5. The molecule has 1 fully saturated rings. The highest BCUT2D eigenvalue weighted by molar-refractivity contribution is 8.26. The first kappa shape index (κ1) is 24.0. The van der Waals surface area contributed by atoms with E-state index in [1.54, 1.807) is 4.90 Å². The van der Waals surface area contributed by atoms with Gasteiger partial charge in [-0.1, -0.05) is 72.5 Å². The lowest BCUT2D eigenvalue weighted by atomic mass is 10.1. The summed E-state index contributed by atoms with van der Waals surface area (Å²) in [7, 11) is 0. The Morgan fingerprint density at radius 3 is 2.33 bits per heavy atom. The third kappa shape index (κ3) is 4.85. The van der Waals surface area contributed by atoms with Crippen molar-refractivity contribution in [1.29, 1.82) is 0 Å². The molecule has 3 aromatic carbocycles. The van der Waals surface area contributed by atoms with Crippen molar-refractivity contribution in [2.75, 3.05) is 6.61 Å². The standard InChI is InChI=1S/C29H25N3O2S2/c1-3-34-25-16-14-22(15-17-25)27-23(19-31(30-27)24-12-8-5-9-13-24)18-26-28(33)32(29(35)36-26)20(2)21-10-6-4-7-11-21/h4-20H,3H2,1-2H3/b26-18-/t20-/m1/s1. The third-order valence-corrected chi connectivity index (χ3v) is 7.31. The van der Waals surface area contributed by atoms with Crippen molar-refractivity contribution in [2.45, 2.75) is 19.9 Å². The Bertz CT molecular complexity index is 1410. The van der Waals surface area contributed by atoms with Gasteiger partial charge in [-0.3, -0.25) is 9.69 Å². The predicted molar refractivity (Wildman–Crippen MR) is 150 cm³/mol. The number of amides is 1. The molecular weight excluding hydrogens is 486 g/mol. The third-order valence-electron chi connectivity index (χ3n) is 5.98. The molecular formula is C29H25N3O2S2. The number of rotatable bonds is 7. The summed E-state index contributed by atoms with van der Waals surface area (Å²) in [6, 6.07) is 27.6. The van der Waals surface area contributed by atoms with Gasteiger partial charge in [-0.05, 0) is 61.9 Å². The Labute approximate surface area is 220 Å². The molecule has 0 unspecified atom stereocenters. The average Bonchev–Trinajstić information content (AvgIpc) is 3.45. The van der Waals surface area contributed by atoms with Crippen LogP contribution < -0.4 is 4.74 Å². The highest BCUT2D eigenvalue weighted by Gasteiger charge is 2.36. The van der Waals surface area contributed by atoms with E-state index in [-0.39, 0.29) is 11.9 Å². The molecule has 36 heavy (non-hydrogen) atoms. The van der Waals surface area contributed by atoms with Crippen molar-refractivity contribution >= 4 is 40.3 Å². The van der Waals surface area contributed by atoms with Crippen LogP contribution in [0, 0.1) is 0 Å². The first-order valence-corrected chi connectivity index (χ1v) is 13.0. The Morgan fingerprint density at radius 2 is 1.67 bits per heavy atom. The molecule has 0 spiro atoms. The average molecular weight is 512 g/mol. The molecule has 4 aromatic rings. The minimum absolute atomic E-state index is 0.0912. The Hall–Kier alpha value is -3.68. The minimum Gasteiger partial charge on any atom is -0.494 e. The molecule has 0 bridgehead atoms. The van der Waals surface area contributed by atoms with Gasteiger partial charge in [0.05, 0.1) is 28.9 Å². The second kappa shape index (κ2) is 10.5. The van der Waals surface area contributed by atoms with E-state index in [2.05, 4.69) is 0 Å². The summed E-state index contributed by atoms with van der Waals surface area (Å²) in [5, 5.41) is 4.88. The molecule has 1 aliphatic heterocycles. The largest absolute Gasteiger partial charge is 0.494 e. The molecule has 2 heterocycles. The summed E-state index contributed by atoms with van der Waals surface area (Å²) in [5.74, 6) is 0.715. The maximum atomic E-state index is 13.5. The number of ether oxygens (including phenoxy) is 1. The topological polar surface area (TPSA) is 47.4 Å². The molecule has 0 N–H and O–H groups in total. The van der Waals surface area contributed by atoms with Crippen molar-refractivity contribution < 1.29 is 9.53 Å². The van der Waals surface area contributed by atoms with Gasteiger partial charge in [0.15, 0.2) is 0 Å². The number of thioether (sulfide) groups is 1. The summed E-state index contributed by atoms with van der Waals surface area (Å²) in [4.78, 5) is 15.8. The number of hydrogen-bond acceptors (Lipinski definition) is 5. The van der Waals surface area contributed by atoms with Crippen molar-refractivity contribution in [1.82, 2.24) is 14.7 Å². The van der Waals surface area contributed by atoms with E-state index in [4.69, 9.17) is 22.1 Å². The smallest absolute Gasteiger partial charge is 0.266 e. The Morgan fingerprint density at radius 1 is 1.00 bits per heavy atom. The lowest BCUT2D eigenvalue weighted by molar-refractivity contribution is -0.123. The van der Waals surface area contributed by atoms with Gasteiger partial charge in [-0.2, -0.15) is 5.10 Å². The molecule has 180 valence electrons. The quantitative estimate of drug-likeness (QED) is 0.199. The lowest BCUT2D eigenvalue weighted by Gasteiger charge is -2.23. The molecule has 5 nitrogen and oxygen atoms in total. The normalized spacial score (nSPS) is 15.5. The predicted octanol–water partition coefficient (Wildman–Crippen LogP) is 6.90. The number of thiocarbonyl (C=S) groups is 1. The van der Waals surface area contributed by atoms with Crippen molar-refractivity contribution in [3.63, 3.8) is 0 Å². The monoisotopic (exact) mass is 511 g/mol. The Kier molecular flexibility index (Phi) is 7.02. The van der Waals surface area contributed by atoms with E-state index >= 15 is 0 Å². The van der Waals surface area contributed by atoms with Crippen LogP contribution in [0.5, 0.6) is 5.75 Å². The van der Waals surface area contributed by atoms with Gasteiger partial charge < -0.3 is 4.74 Å². The Balaban J connectivity index is 1.53. The molecule has 0 aliphatic carbocycles. The maximum absolute atomic E-state index is 13.5. The van der Waals surface area contributed by atoms with Crippen LogP contribution in [-0.2, 0) is 4.79 Å². The van der Waals surface area contributed by atoms with Crippen LogP contribution in [0.25, 0.3) is 23.0 Å². The molecule has 5 rings (SSSR count). The van der Waals surface area contributed by atoms with Crippen LogP contribution in [0.3, 0.4) is 0 Å². The summed E-state index contributed by atoms with van der Waals surface area (Å²) >= 11 is 6.96. The van der Waals surface area contributed by atoms with Crippen molar-refractivity contribution in [3.05, 3.63) is 107 Å². The number of carbonyl (C=O) groups is 1. The number of hydrogen-bond donors (Lipinski definition) is 0. The molecule has 0 radical (unpaired) electrons. The van der Waals surface area contributed by atoms with Crippen LogP contribution in [0.15, 0.2) is 96.0 Å². The summed E-state index contributed by atoms with van der Waals surface area (Å²) in [5.41, 5.74) is 4.54.